The van der Waals surface area contributed by atoms with Gasteiger partial charge in [-0.3, -0.25) is 0 Å². The molecule has 98 valence electrons. The Hall–Kier alpha value is -1.55. The van der Waals surface area contributed by atoms with Gasteiger partial charge in [-0.1, -0.05) is 6.08 Å². The van der Waals surface area contributed by atoms with Crippen LogP contribution in [0.15, 0.2) is 12.1 Å². The molecule has 18 heavy (non-hydrogen) atoms. The van der Waals surface area contributed by atoms with Crippen LogP contribution in [0.4, 0.5) is 0 Å². The fourth-order valence-electron chi connectivity index (χ4n) is 2.39. The van der Waals surface area contributed by atoms with E-state index < -0.39 is 5.97 Å². The zero-order valence-electron chi connectivity index (χ0n) is 10.7. The number of ether oxygens (including phenoxy) is 1. The lowest BCUT2D eigenvalue weighted by molar-refractivity contribution is 0.0684. The number of fused-ring (bicyclic) bond motifs is 1. The number of allylic oxidation sites excluding steroid dienone is 1. The zero-order valence-corrected chi connectivity index (χ0v) is 10.7. The molecule has 0 saturated carbocycles. The molecule has 0 unspecified atom stereocenters. The zero-order chi connectivity index (χ0) is 13.0. The van der Waals surface area contributed by atoms with E-state index in [2.05, 4.69) is 6.08 Å². The van der Waals surface area contributed by atoms with Gasteiger partial charge < -0.3 is 14.4 Å². The van der Waals surface area contributed by atoms with Crippen molar-refractivity contribution >= 4 is 12.0 Å². The molecule has 1 aromatic rings. The molecule has 0 aliphatic heterocycles. The van der Waals surface area contributed by atoms with Crippen LogP contribution >= 0.6 is 0 Å². The number of hydrogen-bond donors (Lipinski definition) is 1. The van der Waals surface area contributed by atoms with Gasteiger partial charge in [0.1, 0.15) is 5.69 Å². The van der Waals surface area contributed by atoms with E-state index >= 15 is 0 Å². The number of carboxylic acid groups (broad SMARTS) is 1. The molecular weight excluding hydrogens is 230 g/mol. The first-order valence-electron chi connectivity index (χ1n) is 6.35. The van der Waals surface area contributed by atoms with Gasteiger partial charge in [-0.15, -0.1) is 0 Å². The second-order valence-electron chi connectivity index (χ2n) is 4.54. The molecule has 0 atom stereocenters. The Morgan fingerprint density at radius 1 is 1.50 bits per heavy atom. The molecule has 0 bridgehead atoms. The Morgan fingerprint density at radius 3 is 3.06 bits per heavy atom. The minimum Gasteiger partial charge on any atom is -0.477 e. The molecular formula is C14H19NO3. The summed E-state index contributed by atoms with van der Waals surface area (Å²) >= 11 is 0. The van der Waals surface area contributed by atoms with Crippen molar-refractivity contribution in [3.05, 3.63) is 29.1 Å². The molecule has 0 fully saturated rings. The van der Waals surface area contributed by atoms with Gasteiger partial charge in [-0.25, -0.2) is 4.79 Å². The second-order valence-corrected chi connectivity index (χ2v) is 4.54. The van der Waals surface area contributed by atoms with E-state index in [1.54, 1.807) is 7.11 Å². The summed E-state index contributed by atoms with van der Waals surface area (Å²) in [5, 5.41) is 9.25. The predicted molar refractivity (Wildman–Crippen MR) is 69.9 cm³/mol. The van der Waals surface area contributed by atoms with Gasteiger partial charge >= 0.3 is 5.97 Å². The Labute approximate surface area is 107 Å². The highest BCUT2D eigenvalue weighted by Gasteiger charge is 2.18. The van der Waals surface area contributed by atoms with E-state index in [1.165, 1.54) is 0 Å². The highest BCUT2D eigenvalue weighted by atomic mass is 16.5. The maximum Gasteiger partial charge on any atom is 0.352 e. The maximum atomic E-state index is 11.3. The molecule has 2 rings (SSSR count). The van der Waals surface area contributed by atoms with E-state index in [0.717, 1.165) is 50.1 Å². The Bertz CT molecular complexity index is 460. The third-order valence-electron chi connectivity index (χ3n) is 3.28. The van der Waals surface area contributed by atoms with E-state index in [4.69, 9.17) is 4.74 Å². The highest BCUT2D eigenvalue weighted by Crippen LogP contribution is 2.24. The number of hydrogen-bond acceptors (Lipinski definition) is 2. The average Bonchev–Trinajstić information content (AvgIpc) is 2.74. The van der Waals surface area contributed by atoms with Crippen molar-refractivity contribution in [1.82, 2.24) is 4.57 Å². The first-order valence-corrected chi connectivity index (χ1v) is 6.35. The smallest absolute Gasteiger partial charge is 0.352 e. The number of unbranched alkanes of at least 4 members (excludes halogenated alkanes) is 1. The lowest BCUT2D eigenvalue weighted by Gasteiger charge is -2.12. The molecule has 1 aliphatic carbocycles. The third kappa shape index (κ3) is 2.64. The van der Waals surface area contributed by atoms with Gasteiger partial charge in [-0.05, 0) is 43.4 Å². The molecule has 1 aromatic heterocycles. The molecule has 0 radical (unpaired) electrons. The molecule has 0 spiro atoms. The summed E-state index contributed by atoms with van der Waals surface area (Å²) in [7, 11) is 1.68. The SMILES string of the molecule is COCCCCn1c(C(=O)O)cc2c1C=CCC2. The molecule has 0 aromatic carbocycles. The van der Waals surface area contributed by atoms with E-state index in [0.29, 0.717) is 5.69 Å². The van der Waals surface area contributed by atoms with Gasteiger partial charge in [0.05, 0.1) is 0 Å². The van der Waals surface area contributed by atoms with Crippen LogP contribution in [0.5, 0.6) is 0 Å². The minimum absolute atomic E-state index is 0.406. The lowest BCUT2D eigenvalue weighted by atomic mass is 10.0. The van der Waals surface area contributed by atoms with Crippen molar-refractivity contribution in [2.45, 2.75) is 32.2 Å². The maximum absolute atomic E-state index is 11.3. The minimum atomic E-state index is -0.843. The van der Waals surface area contributed by atoms with Gasteiger partial charge in [0, 0.05) is 26.0 Å². The summed E-state index contributed by atoms with van der Waals surface area (Å²) in [4.78, 5) is 11.3. The Balaban J connectivity index is 2.18. The van der Waals surface area contributed by atoms with Crippen molar-refractivity contribution < 1.29 is 14.6 Å². The summed E-state index contributed by atoms with van der Waals surface area (Å²) in [6, 6.07) is 1.82. The largest absolute Gasteiger partial charge is 0.477 e. The lowest BCUT2D eigenvalue weighted by Crippen LogP contribution is -2.11. The number of aryl methyl sites for hydroxylation is 1. The van der Waals surface area contributed by atoms with Crippen molar-refractivity contribution in [3.63, 3.8) is 0 Å². The quantitative estimate of drug-likeness (QED) is 0.788. The van der Waals surface area contributed by atoms with Crippen LogP contribution in [-0.4, -0.2) is 29.4 Å². The molecule has 1 heterocycles. The van der Waals surface area contributed by atoms with Crippen LogP contribution in [0.25, 0.3) is 6.08 Å². The molecule has 1 aliphatic rings. The Kier molecular flexibility index (Phi) is 4.20. The average molecular weight is 249 g/mol. The van der Waals surface area contributed by atoms with Gasteiger partial charge in [0.25, 0.3) is 0 Å². The standard InChI is InChI=1S/C14H19NO3/c1-18-9-5-4-8-15-12-7-3-2-6-11(12)10-13(15)14(16)17/h3,7,10H,2,4-6,8-9H2,1H3,(H,16,17). The number of rotatable bonds is 6. The molecule has 4 heteroatoms. The van der Waals surface area contributed by atoms with Crippen LogP contribution in [-0.2, 0) is 17.7 Å². The van der Waals surface area contributed by atoms with Crippen LogP contribution in [0.2, 0.25) is 0 Å². The predicted octanol–water partition coefficient (Wildman–Crippen LogP) is 2.57. The fourth-order valence-corrected chi connectivity index (χ4v) is 2.39. The molecule has 0 saturated heterocycles. The number of aromatic carboxylic acids is 1. The van der Waals surface area contributed by atoms with Gasteiger partial charge in [-0.2, -0.15) is 0 Å². The normalized spacial score (nSPS) is 13.6. The topological polar surface area (TPSA) is 51.5 Å². The van der Waals surface area contributed by atoms with Crippen LogP contribution in [0.3, 0.4) is 0 Å². The number of aromatic nitrogens is 1. The number of nitrogens with zero attached hydrogens (tertiary/aromatic N) is 1. The first-order chi connectivity index (χ1) is 8.74. The fraction of sp³-hybridized carbons (Fsp3) is 0.500. The third-order valence-corrected chi connectivity index (χ3v) is 3.28. The van der Waals surface area contributed by atoms with Crippen molar-refractivity contribution in [1.29, 1.82) is 0 Å². The summed E-state index contributed by atoms with van der Waals surface area (Å²) in [5.74, 6) is -0.843. The summed E-state index contributed by atoms with van der Waals surface area (Å²) in [6.07, 6.45) is 7.98. The highest BCUT2D eigenvalue weighted by molar-refractivity contribution is 5.87. The first kappa shape index (κ1) is 12.9. The van der Waals surface area contributed by atoms with Crippen molar-refractivity contribution in [2.75, 3.05) is 13.7 Å². The van der Waals surface area contributed by atoms with E-state index in [1.807, 2.05) is 16.7 Å². The van der Waals surface area contributed by atoms with Crippen LogP contribution < -0.4 is 0 Å². The van der Waals surface area contributed by atoms with Crippen molar-refractivity contribution in [3.8, 4) is 0 Å². The van der Waals surface area contributed by atoms with E-state index in [9.17, 15) is 9.90 Å². The monoisotopic (exact) mass is 249 g/mol. The van der Waals surface area contributed by atoms with E-state index in [-0.39, 0.29) is 0 Å². The second kappa shape index (κ2) is 5.87. The number of methoxy groups -OCH3 is 1. The Morgan fingerprint density at radius 2 is 2.33 bits per heavy atom. The summed E-state index contributed by atoms with van der Waals surface area (Å²) in [6.45, 7) is 1.46. The molecule has 4 nitrogen and oxygen atoms in total. The van der Waals surface area contributed by atoms with Gasteiger partial charge in [0.15, 0.2) is 0 Å². The van der Waals surface area contributed by atoms with Crippen LogP contribution in [0.1, 0.15) is 41.0 Å². The van der Waals surface area contributed by atoms with Gasteiger partial charge in [0.2, 0.25) is 0 Å². The van der Waals surface area contributed by atoms with Crippen LogP contribution in [0, 0.1) is 0 Å². The van der Waals surface area contributed by atoms with Crippen molar-refractivity contribution in [2.24, 2.45) is 0 Å². The number of carbonyl (C=O) groups is 1. The number of carboxylic acids is 1. The molecule has 0 amide bonds. The molecule has 1 N–H and O–H groups in total. The summed E-state index contributed by atoms with van der Waals surface area (Å²) < 4.78 is 6.93. The summed E-state index contributed by atoms with van der Waals surface area (Å²) in [5.41, 5.74) is 2.63.